The summed E-state index contributed by atoms with van der Waals surface area (Å²) in [5, 5.41) is 0. The maximum Gasteiger partial charge on any atom is 0.140 e. The molecule has 2 N–H and O–H groups in total. The lowest BCUT2D eigenvalue weighted by molar-refractivity contribution is -0.113. The van der Waals surface area contributed by atoms with Gasteiger partial charge in [-0.15, -0.1) is 0 Å². The first-order chi connectivity index (χ1) is 4.74. The minimum absolute atomic E-state index is 0.428. The molecule has 2 fully saturated rings. The van der Waals surface area contributed by atoms with Crippen molar-refractivity contribution in [2.24, 2.45) is 17.6 Å². The molecule has 0 amide bonds. The molecule has 3 atom stereocenters. The Morgan fingerprint density at radius 2 is 2.30 bits per heavy atom. The Morgan fingerprint density at radius 3 is 2.60 bits per heavy atom. The van der Waals surface area contributed by atoms with Gasteiger partial charge in [0.25, 0.3) is 0 Å². The Hall–Kier alpha value is -0.370. The second-order valence-electron chi connectivity index (χ2n) is 3.81. The van der Waals surface area contributed by atoms with E-state index in [1.54, 1.807) is 0 Å². The van der Waals surface area contributed by atoms with Crippen molar-refractivity contribution in [3.63, 3.8) is 0 Å². The topological polar surface area (TPSA) is 43.1 Å². The second kappa shape index (κ2) is 1.82. The van der Waals surface area contributed by atoms with E-state index in [-0.39, 0.29) is 0 Å². The van der Waals surface area contributed by atoms with Gasteiger partial charge in [0.05, 0.1) is 5.54 Å². The van der Waals surface area contributed by atoms with Crippen molar-refractivity contribution >= 4 is 6.29 Å². The van der Waals surface area contributed by atoms with Crippen LogP contribution < -0.4 is 5.73 Å². The number of carbonyl (C=O) groups excluding carboxylic acids is 1. The SMILES string of the molecule is NC1(C=O)CC2CCC1C2. The Labute approximate surface area is 60.8 Å². The summed E-state index contributed by atoms with van der Waals surface area (Å²) in [6.45, 7) is 0. The van der Waals surface area contributed by atoms with Crippen LogP contribution in [0.1, 0.15) is 25.7 Å². The molecule has 2 nitrogen and oxygen atoms in total. The lowest BCUT2D eigenvalue weighted by Gasteiger charge is -2.27. The van der Waals surface area contributed by atoms with E-state index in [1.165, 1.54) is 19.3 Å². The van der Waals surface area contributed by atoms with Crippen molar-refractivity contribution in [1.82, 2.24) is 0 Å². The van der Waals surface area contributed by atoms with Crippen molar-refractivity contribution in [3.8, 4) is 0 Å². The third-order valence-corrected chi connectivity index (χ3v) is 3.16. The predicted molar refractivity (Wildman–Crippen MR) is 38.4 cm³/mol. The lowest BCUT2D eigenvalue weighted by Crippen LogP contribution is -2.46. The highest BCUT2D eigenvalue weighted by molar-refractivity contribution is 5.65. The average Bonchev–Trinajstić information content (AvgIpc) is 2.46. The van der Waals surface area contributed by atoms with Gasteiger partial charge in [0.1, 0.15) is 6.29 Å². The largest absolute Gasteiger partial charge is 0.319 e. The summed E-state index contributed by atoms with van der Waals surface area (Å²) < 4.78 is 0. The number of hydrogen-bond acceptors (Lipinski definition) is 2. The van der Waals surface area contributed by atoms with Crippen molar-refractivity contribution in [1.29, 1.82) is 0 Å². The van der Waals surface area contributed by atoms with Gasteiger partial charge in [-0.1, -0.05) is 6.42 Å². The molecule has 3 unspecified atom stereocenters. The van der Waals surface area contributed by atoms with Gasteiger partial charge in [-0.3, -0.25) is 0 Å². The van der Waals surface area contributed by atoms with Gasteiger partial charge >= 0.3 is 0 Å². The first kappa shape index (κ1) is 6.35. The van der Waals surface area contributed by atoms with E-state index in [0.717, 1.165) is 18.6 Å². The molecule has 0 spiro atoms. The quantitative estimate of drug-likeness (QED) is 0.543. The molecule has 2 heteroatoms. The molecule has 0 heterocycles. The molecule has 0 radical (unpaired) electrons. The minimum Gasteiger partial charge on any atom is -0.319 e. The van der Waals surface area contributed by atoms with Crippen LogP contribution in [0.3, 0.4) is 0 Å². The standard InChI is InChI=1S/C8H13NO/c9-8(5-10)4-6-1-2-7(8)3-6/h5-7H,1-4,9H2. The minimum atomic E-state index is -0.428. The van der Waals surface area contributed by atoms with Gasteiger partial charge < -0.3 is 10.5 Å². The van der Waals surface area contributed by atoms with Crippen molar-refractivity contribution in [2.75, 3.05) is 0 Å². The van der Waals surface area contributed by atoms with E-state index in [4.69, 9.17) is 5.73 Å². The molecule has 56 valence electrons. The summed E-state index contributed by atoms with van der Waals surface area (Å²) in [6, 6.07) is 0. The molecular weight excluding hydrogens is 126 g/mol. The van der Waals surface area contributed by atoms with Crippen LogP contribution in [0.4, 0.5) is 0 Å². The van der Waals surface area contributed by atoms with E-state index in [0.29, 0.717) is 5.92 Å². The first-order valence-electron chi connectivity index (χ1n) is 4.00. The maximum absolute atomic E-state index is 10.6. The molecule has 0 saturated heterocycles. The molecule has 2 saturated carbocycles. The Bertz CT molecular complexity index is 169. The summed E-state index contributed by atoms with van der Waals surface area (Å²) in [5.74, 6) is 1.27. The number of nitrogens with two attached hydrogens (primary N) is 1. The van der Waals surface area contributed by atoms with Gasteiger partial charge in [-0.05, 0) is 31.1 Å². The van der Waals surface area contributed by atoms with Crippen molar-refractivity contribution < 1.29 is 4.79 Å². The van der Waals surface area contributed by atoms with E-state index >= 15 is 0 Å². The number of hydrogen-bond donors (Lipinski definition) is 1. The molecule has 10 heavy (non-hydrogen) atoms. The molecule has 2 bridgehead atoms. The third-order valence-electron chi connectivity index (χ3n) is 3.16. The molecule has 0 aliphatic heterocycles. The van der Waals surface area contributed by atoms with Crippen molar-refractivity contribution in [3.05, 3.63) is 0 Å². The van der Waals surface area contributed by atoms with Crippen LogP contribution in [-0.4, -0.2) is 11.8 Å². The smallest absolute Gasteiger partial charge is 0.140 e. The van der Waals surface area contributed by atoms with Gasteiger partial charge in [0.2, 0.25) is 0 Å². The van der Waals surface area contributed by atoms with E-state index in [9.17, 15) is 4.79 Å². The van der Waals surface area contributed by atoms with Crippen LogP contribution in [0.15, 0.2) is 0 Å². The van der Waals surface area contributed by atoms with Crippen LogP contribution in [0.5, 0.6) is 0 Å². The molecule has 0 aromatic heterocycles. The van der Waals surface area contributed by atoms with Crippen LogP contribution in [-0.2, 0) is 4.79 Å². The van der Waals surface area contributed by atoms with Crippen LogP contribution >= 0.6 is 0 Å². The normalized spacial score (nSPS) is 51.7. The van der Waals surface area contributed by atoms with E-state index in [2.05, 4.69) is 0 Å². The molecule has 0 aromatic rings. The first-order valence-corrected chi connectivity index (χ1v) is 4.00. The van der Waals surface area contributed by atoms with Gasteiger partial charge in [0.15, 0.2) is 0 Å². The summed E-state index contributed by atoms with van der Waals surface area (Å²) in [6.07, 6.45) is 5.60. The third kappa shape index (κ3) is 0.655. The average molecular weight is 139 g/mol. The highest BCUT2D eigenvalue weighted by Gasteiger charge is 2.48. The fraction of sp³-hybridized carbons (Fsp3) is 0.875. The zero-order valence-corrected chi connectivity index (χ0v) is 6.05. The Kier molecular flexibility index (Phi) is 1.15. The van der Waals surface area contributed by atoms with Gasteiger partial charge in [0, 0.05) is 0 Å². The predicted octanol–water partition coefficient (Wildman–Crippen LogP) is 0.703. The fourth-order valence-corrected chi connectivity index (χ4v) is 2.56. The monoisotopic (exact) mass is 139 g/mol. The van der Waals surface area contributed by atoms with Gasteiger partial charge in [-0.2, -0.15) is 0 Å². The van der Waals surface area contributed by atoms with Crippen molar-refractivity contribution in [2.45, 2.75) is 31.2 Å². The summed E-state index contributed by atoms with van der Waals surface area (Å²) >= 11 is 0. The molecular formula is C8H13NO. The van der Waals surface area contributed by atoms with E-state index in [1.807, 2.05) is 0 Å². The summed E-state index contributed by atoms with van der Waals surface area (Å²) in [7, 11) is 0. The molecule has 2 rings (SSSR count). The lowest BCUT2D eigenvalue weighted by atomic mass is 9.83. The van der Waals surface area contributed by atoms with Crippen LogP contribution in [0.2, 0.25) is 0 Å². The molecule has 0 aromatic carbocycles. The maximum atomic E-state index is 10.6. The van der Waals surface area contributed by atoms with Crippen LogP contribution in [0.25, 0.3) is 0 Å². The molecule has 2 aliphatic carbocycles. The summed E-state index contributed by atoms with van der Waals surface area (Å²) in [5.41, 5.74) is 5.45. The second-order valence-corrected chi connectivity index (χ2v) is 3.81. The molecule has 2 aliphatic rings. The highest BCUT2D eigenvalue weighted by atomic mass is 16.1. The number of rotatable bonds is 1. The van der Waals surface area contributed by atoms with Gasteiger partial charge in [-0.25, -0.2) is 0 Å². The Balaban J connectivity index is 2.21. The zero-order chi connectivity index (χ0) is 7.19. The summed E-state index contributed by atoms with van der Waals surface area (Å²) in [4.78, 5) is 10.6. The Morgan fingerprint density at radius 1 is 1.50 bits per heavy atom. The zero-order valence-electron chi connectivity index (χ0n) is 6.05. The number of fused-ring (bicyclic) bond motifs is 2. The van der Waals surface area contributed by atoms with Crippen LogP contribution in [0, 0.1) is 11.8 Å². The number of carbonyl (C=O) groups is 1. The fourth-order valence-electron chi connectivity index (χ4n) is 2.56. The number of aldehydes is 1. The van der Waals surface area contributed by atoms with E-state index < -0.39 is 5.54 Å². The highest BCUT2D eigenvalue weighted by Crippen LogP contribution is 2.48.